The van der Waals surface area contributed by atoms with Gasteiger partial charge in [-0.1, -0.05) is 194 Å². The lowest BCUT2D eigenvalue weighted by Crippen LogP contribution is -2.41. The van der Waals surface area contributed by atoms with E-state index in [9.17, 15) is 18.1 Å². The van der Waals surface area contributed by atoms with Gasteiger partial charge in [0.25, 0.3) is 0 Å². The zero-order valence-corrected chi connectivity index (χ0v) is 35.1. The van der Waals surface area contributed by atoms with Crippen molar-refractivity contribution < 1.29 is 22.6 Å². The molecule has 0 heterocycles. The Balaban J connectivity index is 5.20. The van der Waals surface area contributed by atoms with Crippen LogP contribution in [0.4, 0.5) is 0 Å². The van der Waals surface area contributed by atoms with Crippen molar-refractivity contribution in [2.75, 3.05) is 12.3 Å². The molecule has 0 aliphatic rings. The molecule has 0 spiro atoms. The van der Waals surface area contributed by atoms with Crippen molar-refractivity contribution in [2.24, 2.45) is 0 Å². The Hall–Kier alpha value is -0.950. The highest BCUT2D eigenvalue weighted by atomic mass is 32.2. The number of aliphatic hydroxyl groups excluding tert-OH is 1. The summed E-state index contributed by atoms with van der Waals surface area (Å²) in [6, 6.07) is 0. The molecule has 0 bridgehead atoms. The Kier molecular flexibility index (Phi) is 36.7. The molecular formula is C45H87NO4S. The maximum atomic E-state index is 11.6. The minimum Gasteiger partial charge on any atom is -0.748 e. The predicted octanol–water partition coefficient (Wildman–Crippen LogP) is 14.2. The van der Waals surface area contributed by atoms with Crippen LogP contribution in [0.15, 0.2) is 36.8 Å². The van der Waals surface area contributed by atoms with Crippen molar-refractivity contribution in [3.8, 4) is 0 Å². The summed E-state index contributed by atoms with van der Waals surface area (Å²) in [5, 5.41) is 10.8. The highest BCUT2D eigenvalue weighted by Gasteiger charge is 2.25. The van der Waals surface area contributed by atoms with Crippen LogP contribution in [0.3, 0.4) is 0 Å². The summed E-state index contributed by atoms with van der Waals surface area (Å²) >= 11 is 0. The first-order valence-electron chi connectivity index (χ1n) is 22.3. The van der Waals surface area contributed by atoms with Gasteiger partial charge in [0.2, 0.25) is 0 Å². The van der Waals surface area contributed by atoms with Crippen LogP contribution >= 0.6 is 0 Å². The van der Waals surface area contributed by atoms with E-state index in [1.165, 1.54) is 173 Å². The van der Waals surface area contributed by atoms with Gasteiger partial charge in [-0.25, -0.2) is 12.9 Å². The quantitative estimate of drug-likeness (QED) is 0.0386. The molecule has 6 heteroatoms. The standard InChI is InChI=1S/C45H87NO4S/c1-4-7-10-13-16-19-22-25-28-31-34-37-40-46(43-45(47)44-51(48,49)50,41-38-35-32-29-26-23-20-17-14-11-8-5-2)42-39-36-33-30-27-24-21-18-15-12-9-6-3/h37-42,45,47H,4-36,43-44H2,1-3H3/b40-37+,41-38+,42-39+. The molecule has 0 aliphatic heterocycles. The van der Waals surface area contributed by atoms with Gasteiger partial charge in [0.05, 0.1) is 15.9 Å². The Morgan fingerprint density at radius 2 is 0.686 bits per heavy atom. The fraction of sp³-hybridized carbons (Fsp3) is 0.867. The number of quaternary nitrogens is 1. The van der Waals surface area contributed by atoms with Crippen LogP contribution in [0.1, 0.15) is 233 Å². The molecule has 302 valence electrons. The summed E-state index contributed by atoms with van der Waals surface area (Å²) in [5.41, 5.74) is 0. The van der Waals surface area contributed by atoms with Crippen molar-refractivity contribution in [3.05, 3.63) is 36.8 Å². The molecule has 0 radical (unpaired) electrons. The lowest BCUT2D eigenvalue weighted by atomic mass is 10.1. The van der Waals surface area contributed by atoms with Gasteiger partial charge in [0, 0.05) is 0 Å². The van der Waals surface area contributed by atoms with E-state index in [1.54, 1.807) is 0 Å². The third kappa shape index (κ3) is 37.2. The lowest BCUT2D eigenvalue weighted by molar-refractivity contribution is -0.777. The fourth-order valence-electron chi connectivity index (χ4n) is 7.05. The SMILES string of the molecule is CCCCCCCCCCCC/C=C/[N+](/C=C/CCCCCCCCCCCC)(/C=C/CCCCCCCCCCCC)CC(O)CS(=O)(=O)[O-]. The number of nitrogens with zero attached hydrogens (tertiary/aromatic N) is 1. The Labute approximate surface area is 319 Å². The van der Waals surface area contributed by atoms with E-state index in [0.29, 0.717) is 0 Å². The van der Waals surface area contributed by atoms with Gasteiger partial charge in [-0.05, 0) is 56.8 Å². The van der Waals surface area contributed by atoms with Gasteiger partial charge in [0.15, 0.2) is 0 Å². The van der Waals surface area contributed by atoms with E-state index < -0.39 is 22.0 Å². The van der Waals surface area contributed by atoms with Crippen LogP contribution in [-0.2, 0) is 10.1 Å². The molecule has 1 atom stereocenters. The second kappa shape index (κ2) is 37.4. The zero-order valence-electron chi connectivity index (χ0n) is 34.3. The van der Waals surface area contributed by atoms with E-state index in [0.717, 1.165) is 38.5 Å². The van der Waals surface area contributed by atoms with Crippen LogP contribution in [0.5, 0.6) is 0 Å². The van der Waals surface area contributed by atoms with Crippen LogP contribution in [0.25, 0.3) is 0 Å². The van der Waals surface area contributed by atoms with E-state index in [-0.39, 0.29) is 11.0 Å². The third-order valence-corrected chi connectivity index (χ3v) is 11.0. The lowest BCUT2D eigenvalue weighted by Gasteiger charge is -2.29. The molecule has 0 amide bonds. The summed E-state index contributed by atoms with van der Waals surface area (Å²) in [4.78, 5) is 0. The molecule has 1 N–H and O–H groups in total. The van der Waals surface area contributed by atoms with E-state index in [2.05, 4.69) is 57.6 Å². The number of unbranched alkanes of at least 4 members (excludes halogenated alkanes) is 30. The normalized spacial score (nSPS) is 13.4. The molecule has 0 aromatic heterocycles. The summed E-state index contributed by atoms with van der Waals surface area (Å²) in [6.07, 6.45) is 53.8. The van der Waals surface area contributed by atoms with Crippen molar-refractivity contribution in [2.45, 2.75) is 239 Å². The van der Waals surface area contributed by atoms with E-state index in [4.69, 9.17) is 0 Å². The smallest absolute Gasteiger partial charge is 0.119 e. The van der Waals surface area contributed by atoms with Gasteiger partial charge in [-0.2, -0.15) is 0 Å². The molecule has 0 rings (SSSR count). The topological polar surface area (TPSA) is 77.4 Å². The predicted molar refractivity (Wildman–Crippen MR) is 223 cm³/mol. The first kappa shape index (κ1) is 50.1. The molecule has 1 unspecified atom stereocenters. The van der Waals surface area contributed by atoms with Gasteiger partial charge in [-0.3, -0.25) is 0 Å². The third-order valence-electron chi connectivity index (χ3n) is 10.2. The van der Waals surface area contributed by atoms with Gasteiger partial charge in [-0.15, -0.1) is 0 Å². The van der Waals surface area contributed by atoms with E-state index >= 15 is 0 Å². The number of hydrogen-bond donors (Lipinski definition) is 1. The van der Waals surface area contributed by atoms with Crippen molar-refractivity contribution in [3.63, 3.8) is 0 Å². The van der Waals surface area contributed by atoms with Crippen LogP contribution in [-0.4, -0.2) is 41.0 Å². The molecular weight excluding hydrogens is 651 g/mol. The zero-order chi connectivity index (χ0) is 37.6. The van der Waals surface area contributed by atoms with Crippen molar-refractivity contribution >= 4 is 10.1 Å². The molecule has 5 nitrogen and oxygen atoms in total. The van der Waals surface area contributed by atoms with Crippen LogP contribution in [0.2, 0.25) is 0 Å². The number of aliphatic hydroxyl groups is 1. The second-order valence-electron chi connectivity index (χ2n) is 15.6. The maximum absolute atomic E-state index is 11.6. The van der Waals surface area contributed by atoms with Gasteiger partial charge < -0.3 is 9.66 Å². The Morgan fingerprint density at radius 3 is 0.922 bits per heavy atom. The monoisotopic (exact) mass is 738 g/mol. The van der Waals surface area contributed by atoms with Crippen molar-refractivity contribution in [1.82, 2.24) is 0 Å². The molecule has 0 saturated heterocycles. The first-order valence-corrected chi connectivity index (χ1v) is 23.9. The van der Waals surface area contributed by atoms with Gasteiger partial charge >= 0.3 is 0 Å². The number of allylic oxidation sites excluding steroid dienone is 3. The fourth-order valence-corrected chi connectivity index (χ4v) is 7.62. The number of rotatable bonds is 40. The largest absolute Gasteiger partial charge is 0.748 e. The van der Waals surface area contributed by atoms with Crippen LogP contribution < -0.4 is 0 Å². The summed E-state index contributed by atoms with van der Waals surface area (Å²) < 4.78 is 35.0. The Morgan fingerprint density at radius 1 is 0.451 bits per heavy atom. The van der Waals surface area contributed by atoms with Gasteiger partial charge in [0.1, 0.15) is 31.2 Å². The number of hydrogen-bond acceptors (Lipinski definition) is 4. The first-order chi connectivity index (χ1) is 24.8. The van der Waals surface area contributed by atoms with E-state index in [1.807, 2.05) is 0 Å². The molecule has 0 aromatic rings. The molecule has 0 saturated carbocycles. The molecule has 0 fully saturated rings. The second-order valence-corrected chi connectivity index (χ2v) is 17.1. The molecule has 51 heavy (non-hydrogen) atoms. The minimum absolute atomic E-state index is 0.152. The minimum atomic E-state index is -4.52. The average Bonchev–Trinajstić information content (AvgIpc) is 3.09. The van der Waals surface area contributed by atoms with Crippen LogP contribution in [0, 0.1) is 0 Å². The summed E-state index contributed by atoms with van der Waals surface area (Å²) in [7, 11) is -4.52. The highest BCUT2D eigenvalue weighted by Crippen LogP contribution is 2.20. The Bertz CT molecular complexity index is 830. The maximum Gasteiger partial charge on any atom is 0.119 e. The molecule has 0 aliphatic carbocycles. The average molecular weight is 738 g/mol. The van der Waals surface area contributed by atoms with Crippen molar-refractivity contribution in [1.29, 1.82) is 0 Å². The summed E-state index contributed by atoms with van der Waals surface area (Å²) in [6.45, 7) is 6.95. The summed E-state index contributed by atoms with van der Waals surface area (Å²) in [5.74, 6) is -0.752. The molecule has 0 aromatic carbocycles. The highest BCUT2D eigenvalue weighted by molar-refractivity contribution is 7.85.